The quantitative estimate of drug-likeness (QED) is 0.507. The Labute approximate surface area is 76.1 Å². The molecule has 0 aromatic carbocycles. The number of carbonyl (C=O) groups is 2. The molecule has 1 atom stereocenters. The van der Waals surface area contributed by atoms with E-state index in [0.29, 0.717) is 0 Å². The van der Waals surface area contributed by atoms with Gasteiger partial charge >= 0.3 is 5.97 Å². The molecule has 0 rings (SSSR count). The monoisotopic (exact) mass is 187 g/mol. The smallest absolute Gasteiger partial charge is 0.306 e. The van der Waals surface area contributed by atoms with Crippen LogP contribution in [0, 0.1) is 0 Å². The lowest BCUT2D eigenvalue weighted by Gasteiger charge is -2.20. The van der Waals surface area contributed by atoms with Crippen LogP contribution >= 0.6 is 0 Å². The molecular formula is C8H13NO4. The summed E-state index contributed by atoms with van der Waals surface area (Å²) in [6.45, 7) is 4.44. The van der Waals surface area contributed by atoms with E-state index in [9.17, 15) is 14.7 Å². The average Bonchev–Trinajstić information content (AvgIpc) is 1.98. The van der Waals surface area contributed by atoms with Crippen LogP contribution in [0.4, 0.5) is 0 Å². The third-order valence-corrected chi connectivity index (χ3v) is 1.36. The van der Waals surface area contributed by atoms with Crippen molar-refractivity contribution in [1.82, 2.24) is 5.32 Å². The van der Waals surface area contributed by atoms with Crippen molar-refractivity contribution in [2.75, 3.05) is 6.54 Å². The van der Waals surface area contributed by atoms with Crippen LogP contribution in [0.15, 0.2) is 12.7 Å². The Kier molecular flexibility index (Phi) is 4.13. The van der Waals surface area contributed by atoms with E-state index in [1.165, 1.54) is 6.92 Å². The molecule has 3 N–H and O–H groups in total. The highest BCUT2D eigenvalue weighted by Crippen LogP contribution is 2.06. The van der Waals surface area contributed by atoms with Gasteiger partial charge < -0.3 is 15.5 Å². The highest BCUT2D eigenvalue weighted by Gasteiger charge is 2.24. The molecule has 0 aliphatic rings. The average molecular weight is 187 g/mol. The van der Waals surface area contributed by atoms with E-state index >= 15 is 0 Å². The molecule has 0 fully saturated rings. The lowest BCUT2D eigenvalue weighted by Crippen LogP contribution is -2.41. The molecule has 0 spiro atoms. The van der Waals surface area contributed by atoms with Gasteiger partial charge in [-0.2, -0.15) is 0 Å². The molecule has 0 aliphatic carbocycles. The Morgan fingerprint density at radius 2 is 2.15 bits per heavy atom. The van der Waals surface area contributed by atoms with Crippen LogP contribution in [0.25, 0.3) is 0 Å². The summed E-state index contributed by atoms with van der Waals surface area (Å²) < 4.78 is 0. The molecular weight excluding hydrogens is 174 g/mol. The zero-order chi connectivity index (χ0) is 10.5. The molecule has 1 unspecified atom stereocenters. The Hall–Kier alpha value is -1.36. The van der Waals surface area contributed by atoms with Gasteiger partial charge in [-0.1, -0.05) is 6.58 Å². The van der Waals surface area contributed by atoms with Crippen LogP contribution in [0.3, 0.4) is 0 Å². The topological polar surface area (TPSA) is 86.6 Å². The van der Waals surface area contributed by atoms with Crippen molar-refractivity contribution in [3.8, 4) is 0 Å². The van der Waals surface area contributed by atoms with Gasteiger partial charge in [0.1, 0.15) is 0 Å². The summed E-state index contributed by atoms with van der Waals surface area (Å²) in [5, 5.41) is 20.1. The molecule has 0 radical (unpaired) electrons. The van der Waals surface area contributed by atoms with Crippen LogP contribution in [-0.4, -0.2) is 34.2 Å². The highest BCUT2D eigenvalue weighted by molar-refractivity contribution is 5.86. The van der Waals surface area contributed by atoms with Crippen LogP contribution < -0.4 is 5.32 Å². The standard InChI is InChI=1S/C8H13NO4/c1-3-6(10)9-5-8(2,13)4-7(11)12/h3,13H,1,4-5H2,2H3,(H,9,10)(H,11,12). The molecule has 13 heavy (non-hydrogen) atoms. The van der Waals surface area contributed by atoms with E-state index in [2.05, 4.69) is 11.9 Å². The van der Waals surface area contributed by atoms with Crippen molar-refractivity contribution in [2.24, 2.45) is 0 Å². The zero-order valence-corrected chi connectivity index (χ0v) is 7.41. The molecule has 0 aromatic heterocycles. The third-order valence-electron chi connectivity index (χ3n) is 1.36. The van der Waals surface area contributed by atoms with Crippen LogP contribution in [-0.2, 0) is 9.59 Å². The first-order chi connectivity index (χ1) is 5.87. The third kappa shape index (κ3) is 5.86. The van der Waals surface area contributed by atoms with E-state index in [0.717, 1.165) is 6.08 Å². The van der Waals surface area contributed by atoms with Gasteiger partial charge in [0.2, 0.25) is 5.91 Å². The van der Waals surface area contributed by atoms with Crippen molar-refractivity contribution in [3.05, 3.63) is 12.7 Å². The summed E-state index contributed by atoms with van der Waals surface area (Å²) in [5.74, 6) is -1.55. The first-order valence-corrected chi connectivity index (χ1v) is 3.72. The molecule has 0 aromatic rings. The lowest BCUT2D eigenvalue weighted by molar-refractivity contribution is -0.142. The fourth-order valence-electron chi connectivity index (χ4n) is 0.738. The maximum atomic E-state index is 10.7. The number of aliphatic carboxylic acids is 1. The van der Waals surface area contributed by atoms with E-state index in [-0.39, 0.29) is 6.54 Å². The van der Waals surface area contributed by atoms with Gasteiger partial charge in [0.15, 0.2) is 0 Å². The first kappa shape index (κ1) is 11.6. The fraction of sp³-hybridized carbons (Fsp3) is 0.500. The summed E-state index contributed by atoms with van der Waals surface area (Å²) in [6.07, 6.45) is 0.640. The molecule has 0 saturated carbocycles. The number of aliphatic hydroxyl groups is 1. The van der Waals surface area contributed by atoms with Gasteiger partial charge in [0.05, 0.1) is 12.0 Å². The first-order valence-electron chi connectivity index (χ1n) is 3.72. The maximum absolute atomic E-state index is 10.7. The van der Waals surface area contributed by atoms with E-state index in [1.807, 2.05) is 0 Å². The lowest BCUT2D eigenvalue weighted by atomic mass is 10.0. The van der Waals surface area contributed by atoms with Gasteiger partial charge in [-0.05, 0) is 13.0 Å². The second-order valence-electron chi connectivity index (χ2n) is 2.99. The van der Waals surface area contributed by atoms with Crippen LogP contribution in [0.2, 0.25) is 0 Å². The van der Waals surface area contributed by atoms with Gasteiger partial charge in [0, 0.05) is 6.54 Å². The van der Waals surface area contributed by atoms with Crippen LogP contribution in [0.1, 0.15) is 13.3 Å². The van der Waals surface area contributed by atoms with Crippen molar-refractivity contribution in [2.45, 2.75) is 18.9 Å². The van der Waals surface area contributed by atoms with Crippen molar-refractivity contribution in [1.29, 1.82) is 0 Å². The Balaban J connectivity index is 3.95. The van der Waals surface area contributed by atoms with Gasteiger partial charge in [-0.3, -0.25) is 9.59 Å². The predicted octanol–water partition coefficient (Wildman–Crippen LogP) is -0.486. The van der Waals surface area contributed by atoms with Gasteiger partial charge in [0.25, 0.3) is 0 Å². The second-order valence-corrected chi connectivity index (χ2v) is 2.99. The summed E-state index contributed by atoms with van der Waals surface area (Å²) in [4.78, 5) is 20.9. The van der Waals surface area contributed by atoms with Crippen molar-refractivity contribution in [3.63, 3.8) is 0 Å². The molecule has 5 heteroatoms. The van der Waals surface area contributed by atoms with Gasteiger partial charge in [-0.15, -0.1) is 0 Å². The summed E-state index contributed by atoms with van der Waals surface area (Å²) >= 11 is 0. The fourth-order valence-corrected chi connectivity index (χ4v) is 0.738. The Morgan fingerprint density at radius 1 is 1.62 bits per heavy atom. The number of carboxylic acids is 1. The minimum atomic E-state index is -1.43. The largest absolute Gasteiger partial charge is 0.481 e. The van der Waals surface area contributed by atoms with Gasteiger partial charge in [-0.25, -0.2) is 0 Å². The number of amides is 1. The summed E-state index contributed by atoms with van der Waals surface area (Å²) in [6, 6.07) is 0. The van der Waals surface area contributed by atoms with Crippen molar-refractivity contribution >= 4 is 11.9 Å². The number of nitrogens with one attached hydrogen (secondary N) is 1. The van der Waals surface area contributed by atoms with E-state index in [4.69, 9.17) is 5.11 Å². The summed E-state index contributed by atoms with van der Waals surface area (Å²) in [5.41, 5.74) is -1.43. The normalized spacial score (nSPS) is 14.3. The second kappa shape index (κ2) is 4.61. The molecule has 0 aliphatic heterocycles. The van der Waals surface area contributed by atoms with Crippen molar-refractivity contribution < 1.29 is 19.8 Å². The SMILES string of the molecule is C=CC(=O)NCC(C)(O)CC(=O)O. The highest BCUT2D eigenvalue weighted by atomic mass is 16.4. The molecule has 0 bridgehead atoms. The number of carboxylic acid groups (broad SMARTS) is 1. The minimum Gasteiger partial charge on any atom is -0.481 e. The number of rotatable bonds is 5. The maximum Gasteiger partial charge on any atom is 0.306 e. The summed E-state index contributed by atoms with van der Waals surface area (Å²) in [7, 11) is 0. The number of hydrogen-bond donors (Lipinski definition) is 3. The van der Waals surface area contributed by atoms with E-state index in [1.54, 1.807) is 0 Å². The molecule has 0 heterocycles. The minimum absolute atomic E-state index is 0.107. The van der Waals surface area contributed by atoms with Crippen LogP contribution in [0.5, 0.6) is 0 Å². The molecule has 0 saturated heterocycles. The Morgan fingerprint density at radius 3 is 2.54 bits per heavy atom. The predicted molar refractivity (Wildman–Crippen MR) is 46.1 cm³/mol. The van der Waals surface area contributed by atoms with E-state index < -0.39 is 23.9 Å². The Bertz CT molecular complexity index is 222. The molecule has 1 amide bonds. The zero-order valence-electron chi connectivity index (χ0n) is 7.41. The molecule has 74 valence electrons. The molecule has 5 nitrogen and oxygen atoms in total. The number of carbonyl (C=O) groups excluding carboxylic acids is 1. The number of hydrogen-bond acceptors (Lipinski definition) is 3.